The summed E-state index contributed by atoms with van der Waals surface area (Å²) in [6.45, 7) is 0. The molecule has 0 amide bonds. The Hall–Kier alpha value is -7.62. The summed E-state index contributed by atoms with van der Waals surface area (Å²) >= 11 is 0. The second kappa shape index (κ2) is 12.5. The minimum absolute atomic E-state index is 0.150. The van der Waals surface area contributed by atoms with E-state index in [9.17, 15) is 8.22 Å². The number of nitrogens with zero attached hydrogens (tertiary/aromatic N) is 3. The SMILES string of the molecule is [2H]c1c([2H])c([2H])c(-c2c([2H])c([2H])c([2H])c(-c3c([2H])c([2H])c([2H])c(-n4c5ccccc5c5cccc(-n6c7ccccc7c7cccc(-n8c9ccccc9c9ccccc98)c76)c54)c3[2H])c2[2H])c([2H])c1[2H]. The molecule has 0 aliphatic rings. The second-order valence-corrected chi connectivity index (χ2v) is 13.9. The van der Waals surface area contributed by atoms with Gasteiger partial charge in [0.15, 0.2) is 0 Å². The fourth-order valence-electron chi connectivity index (χ4n) is 8.57. The minimum atomic E-state index is -0.779. The van der Waals surface area contributed by atoms with Gasteiger partial charge in [0.2, 0.25) is 0 Å². The highest BCUT2D eigenvalue weighted by Gasteiger charge is 2.23. The maximum atomic E-state index is 10.1. The molecule has 0 aliphatic carbocycles. The van der Waals surface area contributed by atoms with Crippen LogP contribution < -0.4 is 0 Å². The average Bonchev–Trinajstić information content (AvgIpc) is 4.02. The van der Waals surface area contributed by atoms with Gasteiger partial charge in [0.1, 0.15) is 0 Å². The highest BCUT2D eigenvalue weighted by atomic mass is 15.1. The standard InChI is InChI=1S/C54H35N3/c1-2-16-36(17-3-1)37-18-12-19-38(34-37)39-20-13-21-40(35-39)55-47-28-8-6-24-43(47)45-26-15-33-52(53(45)55)57-50-31-11-7-25-44(50)46-27-14-32-51(54(46)57)56-48-29-9-4-22-41(48)42-23-5-10-30-49(42)56/h1-35H/i1D,2D,3D,12D,13D,16D,17D,18D,19D,20D,21D,34D,35D. The molecule has 0 spiro atoms. The molecule has 0 saturated carbocycles. The van der Waals surface area contributed by atoms with E-state index in [2.05, 4.69) is 51.6 Å². The Bertz CT molecular complexity index is 4220. The summed E-state index contributed by atoms with van der Waals surface area (Å²) in [4.78, 5) is 0. The van der Waals surface area contributed by atoms with E-state index in [1.54, 1.807) is 4.57 Å². The van der Waals surface area contributed by atoms with Gasteiger partial charge in [-0.1, -0.05) is 157 Å². The molecule has 3 nitrogen and oxygen atoms in total. The molecular formula is C54H35N3. The lowest BCUT2D eigenvalue weighted by Gasteiger charge is -2.17. The van der Waals surface area contributed by atoms with E-state index in [-0.39, 0.29) is 5.69 Å². The molecule has 0 aliphatic heterocycles. The molecule has 3 heteroatoms. The molecule has 57 heavy (non-hydrogen) atoms. The van der Waals surface area contributed by atoms with Gasteiger partial charge in [0.25, 0.3) is 0 Å². The second-order valence-electron chi connectivity index (χ2n) is 13.9. The number of aromatic nitrogens is 3. The van der Waals surface area contributed by atoms with Gasteiger partial charge in [-0.25, -0.2) is 0 Å². The first-order valence-electron chi connectivity index (χ1n) is 25.1. The number of fused-ring (bicyclic) bond motifs is 9. The maximum absolute atomic E-state index is 10.1. The monoisotopic (exact) mass is 738 g/mol. The van der Waals surface area contributed by atoms with Gasteiger partial charge in [0, 0.05) is 38.0 Å². The van der Waals surface area contributed by atoms with Crippen molar-refractivity contribution in [2.75, 3.05) is 0 Å². The van der Waals surface area contributed by atoms with Crippen molar-refractivity contribution < 1.29 is 17.8 Å². The van der Waals surface area contributed by atoms with Gasteiger partial charge in [0.05, 0.1) is 62.3 Å². The fraction of sp³-hybridized carbons (Fsp3) is 0. The van der Waals surface area contributed by atoms with E-state index in [4.69, 9.17) is 9.60 Å². The summed E-state index contributed by atoms with van der Waals surface area (Å²) in [6.07, 6.45) is 0. The van der Waals surface area contributed by atoms with Crippen molar-refractivity contribution in [2.24, 2.45) is 0 Å². The van der Waals surface area contributed by atoms with Crippen LogP contribution in [-0.4, -0.2) is 13.7 Å². The fourth-order valence-corrected chi connectivity index (χ4v) is 8.57. The van der Waals surface area contributed by atoms with E-state index < -0.39 is 101 Å². The molecule has 0 fully saturated rings. The number of benzene rings is 9. The Balaban J connectivity index is 1.22. The zero-order chi connectivity index (χ0) is 48.8. The van der Waals surface area contributed by atoms with Gasteiger partial charge in [-0.3, -0.25) is 0 Å². The predicted octanol–water partition coefficient (Wildman–Crippen LogP) is 14.3. The Labute approximate surface area is 347 Å². The molecule has 12 rings (SSSR count). The molecule has 0 saturated heterocycles. The Morgan fingerprint density at radius 3 is 1.30 bits per heavy atom. The summed E-state index contributed by atoms with van der Waals surface area (Å²) in [6, 6.07) is 35.2. The van der Waals surface area contributed by atoms with Crippen LogP contribution >= 0.6 is 0 Å². The molecule has 0 atom stereocenters. The first-order valence-corrected chi connectivity index (χ1v) is 18.6. The Morgan fingerprint density at radius 1 is 0.298 bits per heavy atom. The van der Waals surface area contributed by atoms with Crippen LogP contribution in [0.4, 0.5) is 0 Å². The van der Waals surface area contributed by atoms with Crippen LogP contribution in [0.5, 0.6) is 0 Å². The van der Waals surface area contributed by atoms with Crippen LogP contribution in [0.2, 0.25) is 0 Å². The topological polar surface area (TPSA) is 14.8 Å². The smallest absolute Gasteiger partial charge is 0.0783 e. The summed E-state index contributed by atoms with van der Waals surface area (Å²) in [5.74, 6) is 0. The minimum Gasteiger partial charge on any atom is -0.307 e. The third kappa shape index (κ3) is 4.73. The molecule has 0 unspecified atom stereocenters. The predicted molar refractivity (Wildman–Crippen MR) is 240 cm³/mol. The van der Waals surface area contributed by atoms with Crippen LogP contribution in [0.3, 0.4) is 0 Å². The van der Waals surface area contributed by atoms with Crippen molar-refractivity contribution in [1.29, 1.82) is 0 Å². The molecule has 0 radical (unpaired) electrons. The molecule has 12 aromatic rings. The number of hydrogen-bond donors (Lipinski definition) is 0. The largest absolute Gasteiger partial charge is 0.307 e. The van der Waals surface area contributed by atoms with E-state index in [1.807, 2.05) is 91.0 Å². The van der Waals surface area contributed by atoms with Crippen molar-refractivity contribution in [3.05, 3.63) is 212 Å². The third-order valence-corrected chi connectivity index (χ3v) is 10.9. The molecule has 266 valence electrons. The number of rotatable bonds is 5. The zero-order valence-electron chi connectivity index (χ0n) is 43.0. The van der Waals surface area contributed by atoms with Crippen LogP contribution in [0.1, 0.15) is 17.8 Å². The van der Waals surface area contributed by atoms with Crippen molar-refractivity contribution in [2.45, 2.75) is 0 Å². The summed E-state index contributed by atoms with van der Waals surface area (Å²) in [5.41, 5.74) is 4.19. The van der Waals surface area contributed by atoms with Gasteiger partial charge in [-0.2, -0.15) is 0 Å². The maximum Gasteiger partial charge on any atom is 0.0783 e. The van der Waals surface area contributed by atoms with E-state index in [1.165, 1.54) is 0 Å². The lowest BCUT2D eigenvalue weighted by atomic mass is 9.99. The van der Waals surface area contributed by atoms with Crippen molar-refractivity contribution in [1.82, 2.24) is 13.7 Å². The van der Waals surface area contributed by atoms with Crippen LogP contribution in [0.15, 0.2) is 212 Å². The highest BCUT2D eigenvalue weighted by molar-refractivity contribution is 6.17. The molecule has 3 heterocycles. The van der Waals surface area contributed by atoms with E-state index >= 15 is 0 Å². The van der Waals surface area contributed by atoms with Gasteiger partial charge in [-0.15, -0.1) is 0 Å². The zero-order valence-corrected chi connectivity index (χ0v) is 30.0. The first kappa shape index (κ1) is 21.5. The Morgan fingerprint density at radius 2 is 0.702 bits per heavy atom. The van der Waals surface area contributed by atoms with Crippen LogP contribution in [0.25, 0.3) is 105 Å². The highest BCUT2D eigenvalue weighted by Crippen LogP contribution is 2.43. The van der Waals surface area contributed by atoms with Gasteiger partial charge < -0.3 is 13.7 Å². The molecule has 0 N–H and O–H groups in total. The first-order chi connectivity index (χ1) is 33.7. The quantitative estimate of drug-likeness (QED) is 0.167. The number of hydrogen-bond acceptors (Lipinski definition) is 0. The Kier molecular flexibility index (Phi) is 4.69. The summed E-state index contributed by atoms with van der Waals surface area (Å²) < 4.78 is 123. The van der Waals surface area contributed by atoms with E-state index in [0.717, 1.165) is 60.1 Å². The van der Waals surface area contributed by atoms with Crippen molar-refractivity contribution in [3.8, 4) is 39.3 Å². The van der Waals surface area contributed by atoms with Crippen LogP contribution in [-0.2, 0) is 0 Å². The lowest BCUT2D eigenvalue weighted by molar-refractivity contribution is 1.11. The molecule has 0 bridgehead atoms. The van der Waals surface area contributed by atoms with Gasteiger partial charge in [-0.05, 0) is 76.8 Å². The normalized spacial score (nSPS) is 15.1. The summed E-state index contributed by atoms with van der Waals surface area (Å²) in [7, 11) is 0. The lowest BCUT2D eigenvalue weighted by Crippen LogP contribution is -2.03. The third-order valence-electron chi connectivity index (χ3n) is 10.9. The molecular weight excluding hydrogens is 691 g/mol. The van der Waals surface area contributed by atoms with Crippen LogP contribution in [0, 0.1) is 0 Å². The number of para-hydroxylation sites is 6. The average molecular weight is 739 g/mol. The van der Waals surface area contributed by atoms with Crippen molar-refractivity contribution >= 4 is 65.4 Å². The van der Waals surface area contributed by atoms with Crippen molar-refractivity contribution in [3.63, 3.8) is 0 Å². The van der Waals surface area contributed by atoms with E-state index in [0.29, 0.717) is 16.7 Å². The van der Waals surface area contributed by atoms with Gasteiger partial charge >= 0.3 is 0 Å². The summed E-state index contributed by atoms with van der Waals surface area (Å²) in [5, 5.41) is 5.62. The molecule has 9 aromatic carbocycles. The molecule has 3 aromatic heterocycles.